The zero-order valence-electron chi connectivity index (χ0n) is 25.7. The van der Waals surface area contributed by atoms with Crippen molar-refractivity contribution in [1.82, 2.24) is 0 Å². The fraction of sp³-hybridized carbons (Fsp3) is 1.00. The number of hydrogen-bond donors (Lipinski definition) is 4. The lowest BCUT2D eigenvalue weighted by molar-refractivity contribution is -0.162. The molecule has 5 saturated carbocycles. The van der Waals surface area contributed by atoms with Gasteiger partial charge in [-0.15, -0.1) is 0 Å². The van der Waals surface area contributed by atoms with Crippen LogP contribution >= 0.6 is 0 Å². The number of fused-ring (bicyclic) bond motifs is 5. The molecule has 12 heteroatoms. The van der Waals surface area contributed by atoms with Crippen molar-refractivity contribution in [3.05, 3.63) is 0 Å². The molecule has 0 aromatic heterocycles. The molecular formula is C30H52O10S2. The van der Waals surface area contributed by atoms with Crippen LogP contribution in [-0.4, -0.2) is 61.1 Å². The highest BCUT2D eigenvalue weighted by Gasteiger charge is 2.65. The summed E-state index contributed by atoms with van der Waals surface area (Å²) in [4.78, 5) is 0. The van der Waals surface area contributed by atoms with Crippen LogP contribution in [0.4, 0.5) is 0 Å². The molecule has 0 amide bonds. The van der Waals surface area contributed by atoms with Crippen LogP contribution < -0.4 is 0 Å². The van der Waals surface area contributed by atoms with Crippen molar-refractivity contribution in [2.75, 3.05) is 6.61 Å². The Hall–Kier alpha value is -0.340. The summed E-state index contributed by atoms with van der Waals surface area (Å²) in [6.07, 6.45) is 4.61. The molecule has 0 radical (unpaired) electrons. The molecule has 0 saturated heterocycles. The second kappa shape index (κ2) is 11.2. The average molecular weight is 637 g/mol. The standard InChI is InChI=1S/C30H52O10S2/c1-17(2)29(14-19(29)4)10-8-18(3)27-24(32)13-23-21-7-6-20-12-25(39-41(33,34)35)26(40-42(36,37)38)15-28(20,5)22(21)9-11-30(23,27)16-31/h17-27,31-32H,6-16H2,1-5H3,(H,33,34,35)(H,36,37,38)/t18?,19?,20?,21?,22?,23?,24-,25-,26-,27-,28-,29?,30+/m0/s1. The van der Waals surface area contributed by atoms with Crippen molar-refractivity contribution >= 4 is 20.8 Å². The Morgan fingerprint density at radius 1 is 0.905 bits per heavy atom. The summed E-state index contributed by atoms with van der Waals surface area (Å²) in [5.74, 6) is 2.17. The van der Waals surface area contributed by atoms with Gasteiger partial charge in [0.15, 0.2) is 0 Å². The van der Waals surface area contributed by atoms with Gasteiger partial charge in [0.05, 0.1) is 6.10 Å². The maximum Gasteiger partial charge on any atom is 0.397 e. The van der Waals surface area contributed by atoms with Crippen LogP contribution in [0.3, 0.4) is 0 Å². The molecule has 0 aliphatic heterocycles. The van der Waals surface area contributed by atoms with E-state index < -0.39 is 44.5 Å². The largest absolute Gasteiger partial charge is 0.397 e. The van der Waals surface area contributed by atoms with Crippen molar-refractivity contribution < 1.29 is 44.5 Å². The van der Waals surface area contributed by atoms with Gasteiger partial charge in [0.25, 0.3) is 0 Å². The van der Waals surface area contributed by atoms with Crippen molar-refractivity contribution in [2.45, 2.75) is 117 Å². The fourth-order valence-corrected chi connectivity index (χ4v) is 12.5. The SMILES string of the molecule is CC(CCC1(C(C)C)CC1C)[C@H]1[C@@H](O)CC2C3CCC4C[C@H](OS(=O)(=O)O)[C@@H](OS(=O)(=O)O)C[C@]4(C)C3CC[C@@]21CO. The highest BCUT2D eigenvalue weighted by atomic mass is 32.3. The zero-order chi connectivity index (χ0) is 31.0. The fourth-order valence-electron chi connectivity index (χ4n) is 11.5. The van der Waals surface area contributed by atoms with E-state index >= 15 is 0 Å². The first-order valence-electron chi connectivity index (χ1n) is 16.0. The van der Waals surface area contributed by atoms with E-state index in [1.807, 2.05) is 0 Å². The molecule has 13 atom stereocenters. The van der Waals surface area contributed by atoms with Crippen LogP contribution in [-0.2, 0) is 29.2 Å². The van der Waals surface area contributed by atoms with Gasteiger partial charge in [-0.2, -0.15) is 16.8 Å². The van der Waals surface area contributed by atoms with Gasteiger partial charge in [0.2, 0.25) is 0 Å². The van der Waals surface area contributed by atoms with Gasteiger partial charge in [-0.3, -0.25) is 9.11 Å². The Kier molecular flexibility index (Phi) is 8.79. The summed E-state index contributed by atoms with van der Waals surface area (Å²) in [6, 6.07) is 0. The first kappa shape index (κ1) is 33.0. The summed E-state index contributed by atoms with van der Waals surface area (Å²) >= 11 is 0. The molecule has 0 aromatic carbocycles. The van der Waals surface area contributed by atoms with Crippen LogP contribution in [0.15, 0.2) is 0 Å². The minimum absolute atomic E-state index is 0.00201. The summed E-state index contributed by atoms with van der Waals surface area (Å²) in [6.45, 7) is 11.4. The van der Waals surface area contributed by atoms with Gasteiger partial charge in [0.1, 0.15) is 12.2 Å². The first-order valence-corrected chi connectivity index (χ1v) is 18.7. The second-order valence-corrected chi connectivity index (χ2v) is 17.6. The Balaban J connectivity index is 1.37. The van der Waals surface area contributed by atoms with E-state index in [2.05, 4.69) is 34.6 Å². The van der Waals surface area contributed by atoms with Crippen molar-refractivity contribution in [3.63, 3.8) is 0 Å². The molecule has 0 aromatic rings. The molecule has 7 unspecified atom stereocenters. The highest BCUT2D eigenvalue weighted by molar-refractivity contribution is 7.81. The topological polar surface area (TPSA) is 168 Å². The Bertz CT molecular complexity index is 1220. The van der Waals surface area contributed by atoms with E-state index in [1.54, 1.807) is 0 Å². The van der Waals surface area contributed by atoms with E-state index in [0.717, 1.165) is 44.4 Å². The third-order valence-corrected chi connectivity index (χ3v) is 14.6. The normalized spacial score (nSPS) is 47.9. The lowest BCUT2D eigenvalue weighted by atomic mass is 9.44. The molecule has 5 rings (SSSR count). The number of rotatable bonds is 10. The van der Waals surface area contributed by atoms with E-state index in [9.17, 15) is 36.2 Å². The zero-order valence-corrected chi connectivity index (χ0v) is 27.3. The minimum atomic E-state index is -4.90. The van der Waals surface area contributed by atoms with Gasteiger partial charge in [-0.25, -0.2) is 8.37 Å². The van der Waals surface area contributed by atoms with Gasteiger partial charge in [0, 0.05) is 12.0 Å². The van der Waals surface area contributed by atoms with Crippen molar-refractivity contribution in [3.8, 4) is 0 Å². The molecule has 0 bridgehead atoms. The molecule has 5 aliphatic carbocycles. The maximum absolute atomic E-state index is 11.7. The van der Waals surface area contributed by atoms with E-state index in [4.69, 9.17) is 8.37 Å². The summed E-state index contributed by atoms with van der Waals surface area (Å²) in [5.41, 5.74) is -0.398. The van der Waals surface area contributed by atoms with Crippen molar-refractivity contribution in [2.24, 2.45) is 63.6 Å². The third-order valence-electron chi connectivity index (χ3n) is 13.6. The molecule has 5 fully saturated rings. The molecular weight excluding hydrogens is 584 g/mol. The van der Waals surface area contributed by atoms with E-state index in [-0.39, 0.29) is 60.4 Å². The molecule has 10 nitrogen and oxygen atoms in total. The lowest BCUT2D eigenvalue weighted by Crippen LogP contribution is -2.58. The minimum Gasteiger partial charge on any atom is -0.396 e. The molecule has 42 heavy (non-hydrogen) atoms. The van der Waals surface area contributed by atoms with Crippen LogP contribution in [0.5, 0.6) is 0 Å². The number of aliphatic hydroxyl groups excluding tert-OH is 2. The van der Waals surface area contributed by atoms with Crippen LogP contribution in [0.25, 0.3) is 0 Å². The van der Waals surface area contributed by atoms with Gasteiger partial charge < -0.3 is 10.2 Å². The molecule has 5 aliphatic rings. The predicted octanol–water partition coefficient (Wildman–Crippen LogP) is 4.67. The Labute approximate surface area is 252 Å². The van der Waals surface area contributed by atoms with E-state index in [1.165, 1.54) is 6.42 Å². The van der Waals surface area contributed by atoms with Crippen LogP contribution in [0, 0.1) is 63.6 Å². The number of aliphatic hydroxyl groups is 2. The molecule has 0 heterocycles. The molecule has 4 N–H and O–H groups in total. The van der Waals surface area contributed by atoms with Gasteiger partial charge >= 0.3 is 20.8 Å². The third kappa shape index (κ3) is 5.74. The van der Waals surface area contributed by atoms with E-state index in [0.29, 0.717) is 17.8 Å². The summed E-state index contributed by atoms with van der Waals surface area (Å²) in [7, 11) is -9.77. The maximum atomic E-state index is 11.7. The quantitative estimate of drug-likeness (QED) is 0.247. The van der Waals surface area contributed by atoms with Crippen LogP contribution in [0.2, 0.25) is 0 Å². The summed E-state index contributed by atoms with van der Waals surface area (Å²) < 4.78 is 75.2. The Morgan fingerprint density at radius 3 is 2.07 bits per heavy atom. The predicted molar refractivity (Wildman–Crippen MR) is 156 cm³/mol. The first-order chi connectivity index (χ1) is 19.4. The monoisotopic (exact) mass is 636 g/mol. The second-order valence-electron chi connectivity index (χ2n) is 15.5. The highest BCUT2D eigenvalue weighted by Crippen LogP contribution is 2.69. The van der Waals surface area contributed by atoms with Crippen molar-refractivity contribution in [1.29, 1.82) is 0 Å². The average Bonchev–Trinajstić information content (AvgIpc) is 3.43. The van der Waals surface area contributed by atoms with Gasteiger partial charge in [-0.1, -0.05) is 34.6 Å². The summed E-state index contributed by atoms with van der Waals surface area (Å²) in [5, 5.41) is 22.6. The number of hydrogen-bond acceptors (Lipinski definition) is 8. The molecule has 244 valence electrons. The molecule has 0 spiro atoms. The lowest BCUT2D eigenvalue weighted by Gasteiger charge is -2.62. The Morgan fingerprint density at radius 2 is 1.52 bits per heavy atom. The smallest absolute Gasteiger partial charge is 0.396 e. The van der Waals surface area contributed by atoms with Gasteiger partial charge in [-0.05, 0) is 122 Å². The van der Waals surface area contributed by atoms with Crippen LogP contribution in [0.1, 0.15) is 98.8 Å².